The Bertz CT molecular complexity index is 1150. The van der Waals surface area contributed by atoms with Crippen LogP contribution in [-0.2, 0) is 11.2 Å². The Morgan fingerprint density at radius 1 is 1.06 bits per heavy atom. The second kappa shape index (κ2) is 8.42. The van der Waals surface area contributed by atoms with Gasteiger partial charge in [0.15, 0.2) is 0 Å². The summed E-state index contributed by atoms with van der Waals surface area (Å²) in [6.07, 6.45) is 4.11. The molecular formula is C28H27FO3. The molecule has 1 heterocycles. The van der Waals surface area contributed by atoms with Crippen LogP contribution in [0.4, 0.5) is 4.39 Å². The van der Waals surface area contributed by atoms with Gasteiger partial charge in [-0.15, -0.1) is 0 Å². The number of hydrogen-bond acceptors (Lipinski definition) is 2. The minimum absolute atomic E-state index is 0.0604. The highest BCUT2D eigenvalue weighted by Gasteiger charge is 2.34. The number of benzene rings is 3. The van der Waals surface area contributed by atoms with Gasteiger partial charge < -0.3 is 9.84 Å². The summed E-state index contributed by atoms with van der Waals surface area (Å²) in [6, 6.07) is 19.4. The fraction of sp³-hybridized carbons (Fsp3) is 0.321. The lowest BCUT2D eigenvalue weighted by Crippen LogP contribution is -2.16. The third-order valence-corrected chi connectivity index (χ3v) is 6.77. The van der Waals surface area contributed by atoms with Crippen LogP contribution in [0.25, 0.3) is 11.1 Å². The quantitative estimate of drug-likeness (QED) is 0.466. The molecule has 0 radical (unpaired) electrons. The van der Waals surface area contributed by atoms with E-state index < -0.39 is 5.97 Å². The maximum absolute atomic E-state index is 14.3. The van der Waals surface area contributed by atoms with Crippen LogP contribution < -0.4 is 4.74 Å². The average molecular weight is 431 g/mol. The van der Waals surface area contributed by atoms with Crippen molar-refractivity contribution >= 4 is 5.97 Å². The third kappa shape index (κ3) is 4.27. The maximum atomic E-state index is 14.3. The number of halogens is 1. The Morgan fingerprint density at radius 2 is 1.84 bits per heavy atom. The van der Waals surface area contributed by atoms with Gasteiger partial charge in [-0.1, -0.05) is 48.0 Å². The molecule has 164 valence electrons. The van der Waals surface area contributed by atoms with Crippen molar-refractivity contribution in [1.29, 1.82) is 0 Å². The zero-order valence-corrected chi connectivity index (χ0v) is 18.2. The summed E-state index contributed by atoms with van der Waals surface area (Å²) in [6.45, 7) is 1.96. The highest BCUT2D eigenvalue weighted by molar-refractivity contribution is 5.68. The molecule has 4 heteroatoms. The SMILES string of the molecule is Cc1ccc(F)c(-c2ccc(C3CCc4ccc(C(CC(=O)O)C5CC5)cc4O3)cc2)c1. The molecule has 0 spiro atoms. The number of aryl methyl sites for hydroxylation is 2. The standard InChI is InChI=1S/C28H27FO3/c1-17-2-12-25(29)24(14-17)19-5-7-20(8-6-19)26-13-11-21-9-10-22(15-27(21)32-26)23(16-28(30)31)18-3-4-18/h2,5-10,12,14-15,18,23,26H,3-4,11,13,16H2,1H3,(H,30,31). The second-order valence-corrected chi connectivity index (χ2v) is 9.16. The van der Waals surface area contributed by atoms with Crippen molar-refractivity contribution in [2.45, 2.75) is 51.0 Å². The van der Waals surface area contributed by atoms with Crippen LogP contribution in [0.2, 0.25) is 0 Å². The first kappa shape index (κ1) is 20.7. The first-order valence-corrected chi connectivity index (χ1v) is 11.4. The monoisotopic (exact) mass is 430 g/mol. The van der Waals surface area contributed by atoms with E-state index in [9.17, 15) is 14.3 Å². The van der Waals surface area contributed by atoms with Gasteiger partial charge >= 0.3 is 5.97 Å². The number of carbonyl (C=O) groups is 1. The van der Waals surface area contributed by atoms with Gasteiger partial charge in [0.05, 0.1) is 6.42 Å². The Labute approximate surface area is 187 Å². The fourth-order valence-corrected chi connectivity index (χ4v) is 4.83. The molecule has 2 unspecified atom stereocenters. The third-order valence-electron chi connectivity index (χ3n) is 6.77. The van der Waals surface area contributed by atoms with E-state index >= 15 is 0 Å². The van der Waals surface area contributed by atoms with Gasteiger partial charge in [0.1, 0.15) is 17.7 Å². The molecule has 1 fully saturated rings. The summed E-state index contributed by atoms with van der Waals surface area (Å²) in [5.74, 6) is 0.431. The second-order valence-electron chi connectivity index (χ2n) is 9.16. The zero-order chi connectivity index (χ0) is 22.2. The number of fused-ring (bicyclic) bond motifs is 1. The summed E-state index contributed by atoms with van der Waals surface area (Å²) >= 11 is 0. The highest BCUT2D eigenvalue weighted by Crippen LogP contribution is 2.46. The lowest BCUT2D eigenvalue weighted by Gasteiger charge is -2.28. The van der Waals surface area contributed by atoms with E-state index in [0.29, 0.717) is 11.5 Å². The molecule has 3 aromatic carbocycles. The van der Waals surface area contributed by atoms with Crippen molar-refractivity contribution in [3.63, 3.8) is 0 Å². The molecule has 3 aromatic rings. The predicted octanol–water partition coefficient (Wildman–Crippen LogP) is 6.84. The van der Waals surface area contributed by atoms with Crippen LogP contribution >= 0.6 is 0 Å². The van der Waals surface area contributed by atoms with Crippen LogP contribution in [0.5, 0.6) is 5.75 Å². The Morgan fingerprint density at radius 3 is 2.56 bits per heavy atom. The number of hydrogen-bond donors (Lipinski definition) is 1. The lowest BCUT2D eigenvalue weighted by atomic mass is 9.88. The maximum Gasteiger partial charge on any atom is 0.303 e. The number of carboxylic acids is 1. The molecular weight excluding hydrogens is 403 g/mol. The zero-order valence-electron chi connectivity index (χ0n) is 18.2. The summed E-state index contributed by atoms with van der Waals surface area (Å²) in [7, 11) is 0. The normalized spacial score (nSPS) is 18.5. The molecule has 1 aliphatic heterocycles. The van der Waals surface area contributed by atoms with Gasteiger partial charge in [0, 0.05) is 5.56 Å². The van der Waals surface area contributed by atoms with E-state index in [2.05, 4.69) is 18.2 Å². The number of rotatable bonds is 6. The molecule has 2 aliphatic rings. The molecule has 2 atom stereocenters. The molecule has 3 nitrogen and oxygen atoms in total. The largest absolute Gasteiger partial charge is 0.485 e. The average Bonchev–Trinajstić information content (AvgIpc) is 3.64. The minimum atomic E-state index is -0.747. The fourth-order valence-electron chi connectivity index (χ4n) is 4.83. The Hall–Kier alpha value is -3.14. The van der Waals surface area contributed by atoms with Crippen molar-refractivity contribution in [3.8, 4) is 16.9 Å². The van der Waals surface area contributed by atoms with E-state index in [1.807, 2.05) is 37.3 Å². The van der Waals surface area contributed by atoms with E-state index in [-0.39, 0.29) is 24.3 Å². The van der Waals surface area contributed by atoms with Crippen LogP contribution in [-0.4, -0.2) is 11.1 Å². The van der Waals surface area contributed by atoms with Gasteiger partial charge in [0.25, 0.3) is 0 Å². The van der Waals surface area contributed by atoms with Crippen LogP contribution in [0.1, 0.15) is 60.0 Å². The molecule has 0 saturated heterocycles. The summed E-state index contributed by atoms with van der Waals surface area (Å²) in [4.78, 5) is 11.4. The minimum Gasteiger partial charge on any atom is -0.485 e. The van der Waals surface area contributed by atoms with Gasteiger partial charge in [-0.05, 0) is 84.9 Å². The molecule has 0 bridgehead atoms. The topological polar surface area (TPSA) is 46.5 Å². The molecule has 1 saturated carbocycles. The van der Waals surface area contributed by atoms with E-state index in [0.717, 1.165) is 53.7 Å². The lowest BCUT2D eigenvalue weighted by molar-refractivity contribution is -0.137. The van der Waals surface area contributed by atoms with Crippen LogP contribution in [0, 0.1) is 18.7 Å². The molecule has 1 aliphatic carbocycles. The predicted molar refractivity (Wildman–Crippen MR) is 122 cm³/mol. The van der Waals surface area contributed by atoms with Gasteiger partial charge in [-0.2, -0.15) is 0 Å². The summed E-state index contributed by atoms with van der Waals surface area (Å²) in [5.41, 5.74) is 5.81. The first-order chi connectivity index (χ1) is 15.5. The first-order valence-electron chi connectivity index (χ1n) is 11.4. The summed E-state index contributed by atoms with van der Waals surface area (Å²) < 4.78 is 20.6. The molecule has 5 rings (SSSR count). The number of carboxylic acid groups (broad SMARTS) is 1. The smallest absolute Gasteiger partial charge is 0.303 e. The molecule has 32 heavy (non-hydrogen) atoms. The number of ether oxygens (including phenoxy) is 1. The van der Waals surface area contributed by atoms with Gasteiger partial charge in [-0.3, -0.25) is 4.79 Å². The summed E-state index contributed by atoms with van der Waals surface area (Å²) in [5, 5.41) is 9.33. The van der Waals surface area contributed by atoms with Crippen LogP contribution in [0.3, 0.4) is 0 Å². The Kier molecular flexibility index (Phi) is 5.46. The number of aliphatic carboxylic acids is 1. The highest BCUT2D eigenvalue weighted by atomic mass is 19.1. The van der Waals surface area contributed by atoms with Crippen molar-refractivity contribution in [3.05, 3.63) is 88.7 Å². The molecule has 0 amide bonds. The van der Waals surface area contributed by atoms with Crippen molar-refractivity contribution in [1.82, 2.24) is 0 Å². The molecule has 1 N–H and O–H groups in total. The van der Waals surface area contributed by atoms with Gasteiger partial charge in [0.2, 0.25) is 0 Å². The van der Waals surface area contributed by atoms with Crippen molar-refractivity contribution < 1.29 is 19.0 Å². The van der Waals surface area contributed by atoms with E-state index in [1.165, 1.54) is 11.6 Å². The van der Waals surface area contributed by atoms with Crippen molar-refractivity contribution in [2.24, 2.45) is 5.92 Å². The van der Waals surface area contributed by atoms with Gasteiger partial charge in [-0.25, -0.2) is 4.39 Å². The van der Waals surface area contributed by atoms with E-state index in [4.69, 9.17) is 4.74 Å². The van der Waals surface area contributed by atoms with Crippen molar-refractivity contribution in [2.75, 3.05) is 0 Å². The van der Waals surface area contributed by atoms with E-state index in [1.54, 1.807) is 6.07 Å². The molecule has 0 aromatic heterocycles. The Balaban J connectivity index is 1.36. The van der Waals surface area contributed by atoms with Crippen LogP contribution in [0.15, 0.2) is 60.7 Å².